The first kappa shape index (κ1) is 17.1. The van der Waals surface area contributed by atoms with Crippen LogP contribution >= 0.6 is 0 Å². The van der Waals surface area contributed by atoms with Crippen LogP contribution in [0.5, 0.6) is 0 Å². The second kappa shape index (κ2) is 6.68. The van der Waals surface area contributed by atoms with Crippen LogP contribution in [0.15, 0.2) is 29.2 Å². The van der Waals surface area contributed by atoms with Crippen LogP contribution in [0.2, 0.25) is 0 Å². The lowest BCUT2D eigenvalue weighted by molar-refractivity contribution is -0.140. The molecule has 1 aromatic rings. The molecule has 7 nitrogen and oxygen atoms in total. The Kier molecular flexibility index (Phi) is 5.45. The second-order valence-corrected chi connectivity index (χ2v) is 6.41. The zero-order chi connectivity index (χ0) is 16.2. The molecule has 21 heavy (non-hydrogen) atoms. The van der Waals surface area contributed by atoms with E-state index in [1.54, 1.807) is 13.8 Å². The van der Waals surface area contributed by atoms with Crippen LogP contribution in [0, 0.1) is 5.92 Å². The number of sulfonamides is 1. The molecule has 0 saturated carbocycles. The fraction of sp³-hybridized carbons (Fsp3) is 0.385. The van der Waals surface area contributed by atoms with E-state index >= 15 is 0 Å². The average molecular weight is 315 g/mol. The number of hydrogen-bond acceptors (Lipinski definition) is 5. The summed E-state index contributed by atoms with van der Waals surface area (Å²) in [6.07, 6.45) is 0. The standard InChI is InChI=1S/C13H17NO6S/c1-8(2)11(12(15)16)14-21(18,19)10-6-4-9(5-7-10)13(17)20-3/h4-8,11,14H,1-3H3,(H,15,16). The Morgan fingerprint density at radius 2 is 1.71 bits per heavy atom. The van der Waals surface area contributed by atoms with Gasteiger partial charge in [-0.1, -0.05) is 13.8 Å². The van der Waals surface area contributed by atoms with Crippen molar-refractivity contribution in [1.29, 1.82) is 0 Å². The zero-order valence-electron chi connectivity index (χ0n) is 11.9. The number of aliphatic carboxylic acids is 1. The summed E-state index contributed by atoms with van der Waals surface area (Å²) >= 11 is 0. The summed E-state index contributed by atoms with van der Waals surface area (Å²) in [5.74, 6) is -2.25. The van der Waals surface area contributed by atoms with Crippen molar-refractivity contribution in [2.24, 2.45) is 5.92 Å². The SMILES string of the molecule is COC(=O)c1ccc(S(=O)(=O)NC(C(=O)O)C(C)C)cc1. The molecule has 2 N–H and O–H groups in total. The van der Waals surface area contributed by atoms with Crippen LogP contribution in [0.25, 0.3) is 0 Å². The summed E-state index contributed by atoms with van der Waals surface area (Å²) in [5.41, 5.74) is 0.204. The third-order valence-corrected chi connectivity index (χ3v) is 4.26. The molecule has 1 rings (SSSR count). The highest BCUT2D eigenvalue weighted by Crippen LogP contribution is 2.13. The van der Waals surface area contributed by atoms with Crippen molar-refractivity contribution in [1.82, 2.24) is 4.72 Å². The number of carboxylic acid groups (broad SMARTS) is 1. The minimum absolute atomic E-state index is 0.123. The molecule has 8 heteroatoms. The van der Waals surface area contributed by atoms with Gasteiger partial charge in [0.25, 0.3) is 0 Å². The normalized spacial score (nSPS) is 13.0. The maximum Gasteiger partial charge on any atom is 0.337 e. The first-order valence-electron chi connectivity index (χ1n) is 6.12. The van der Waals surface area contributed by atoms with Crippen LogP contribution in [0.1, 0.15) is 24.2 Å². The number of nitrogens with one attached hydrogen (secondary N) is 1. The summed E-state index contributed by atoms with van der Waals surface area (Å²) in [4.78, 5) is 22.2. The maximum absolute atomic E-state index is 12.1. The van der Waals surface area contributed by atoms with E-state index in [-0.39, 0.29) is 10.5 Å². The Labute approximate surface area is 123 Å². The average Bonchev–Trinajstić information content (AvgIpc) is 2.43. The molecule has 0 aromatic heterocycles. The number of hydrogen-bond donors (Lipinski definition) is 2. The van der Waals surface area contributed by atoms with E-state index in [9.17, 15) is 18.0 Å². The summed E-state index contributed by atoms with van der Waals surface area (Å²) in [7, 11) is -2.76. The van der Waals surface area contributed by atoms with Gasteiger partial charge in [0.1, 0.15) is 6.04 Å². The van der Waals surface area contributed by atoms with Crippen molar-refractivity contribution >= 4 is 22.0 Å². The van der Waals surface area contributed by atoms with E-state index in [4.69, 9.17) is 5.11 Å². The number of methoxy groups -OCH3 is 1. The van der Waals surface area contributed by atoms with Crippen molar-refractivity contribution < 1.29 is 27.9 Å². The lowest BCUT2D eigenvalue weighted by atomic mass is 10.1. The van der Waals surface area contributed by atoms with Gasteiger partial charge in [0.2, 0.25) is 10.0 Å². The molecule has 0 amide bonds. The maximum atomic E-state index is 12.1. The summed E-state index contributed by atoms with van der Waals surface area (Å²) < 4.78 is 30.9. The minimum Gasteiger partial charge on any atom is -0.480 e. The third kappa shape index (κ3) is 4.27. The largest absolute Gasteiger partial charge is 0.480 e. The van der Waals surface area contributed by atoms with Crippen molar-refractivity contribution in [2.45, 2.75) is 24.8 Å². The molecule has 0 saturated heterocycles. The Hall–Kier alpha value is -1.93. The van der Waals surface area contributed by atoms with Gasteiger partial charge in [-0.15, -0.1) is 0 Å². The fourth-order valence-corrected chi connectivity index (χ4v) is 2.93. The van der Waals surface area contributed by atoms with E-state index in [0.29, 0.717) is 0 Å². The molecule has 0 bridgehead atoms. The molecule has 0 aliphatic carbocycles. The third-order valence-electron chi connectivity index (χ3n) is 2.80. The molecule has 0 radical (unpaired) electrons. The van der Waals surface area contributed by atoms with Gasteiger partial charge in [0.15, 0.2) is 0 Å². The van der Waals surface area contributed by atoms with Crippen molar-refractivity contribution in [3.05, 3.63) is 29.8 Å². The number of carbonyl (C=O) groups excluding carboxylic acids is 1. The Bertz CT molecular complexity index is 621. The van der Waals surface area contributed by atoms with E-state index in [1.807, 2.05) is 0 Å². The lowest BCUT2D eigenvalue weighted by Crippen LogP contribution is -2.44. The zero-order valence-corrected chi connectivity index (χ0v) is 12.7. The predicted octanol–water partition coefficient (Wildman–Crippen LogP) is 0.861. The monoisotopic (exact) mass is 315 g/mol. The topological polar surface area (TPSA) is 110 Å². The van der Waals surface area contributed by atoms with Crippen molar-refractivity contribution in [2.75, 3.05) is 7.11 Å². The number of carbonyl (C=O) groups is 2. The Balaban J connectivity index is 3.03. The lowest BCUT2D eigenvalue weighted by Gasteiger charge is -2.18. The highest BCUT2D eigenvalue weighted by atomic mass is 32.2. The highest BCUT2D eigenvalue weighted by Gasteiger charge is 2.28. The van der Waals surface area contributed by atoms with Gasteiger partial charge in [-0.05, 0) is 30.2 Å². The first-order valence-corrected chi connectivity index (χ1v) is 7.61. The fourth-order valence-electron chi connectivity index (χ4n) is 1.59. The Morgan fingerprint density at radius 1 is 1.19 bits per heavy atom. The molecule has 1 unspecified atom stereocenters. The van der Waals surface area contributed by atoms with E-state index in [1.165, 1.54) is 31.4 Å². The van der Waals surface area contributed by atoms with Crippen LogP contribution < -0.4 is 4.72 Å². The van der Waals surface area contributed by atoms with E-state index in [2.05, 4.69) is 9.46 Å². The summed E-state index contributed by atoms with van der Waals surface area (Å²) in [6.45, 7) is 3.20. The molecule has 0 aliphatic rings. The molecule has 0 heterocycles. The van der Waals surface area contributed by atoms with Gasteiger partial charge in [-0.25, -0.2) is 13.2 Å². The summed E-state index contributed by atoms with van der Waals surface area (Å²) in [6, 6.07) is 3.80. The second-order valence-electron chi connectivity index (χ2n) is 4.70. The molecular formula is C13H17NO6S. The van der Waals surface area contributed by atoms with E-state index < -0.39 is 33.9 Å². The highest BCUT2D eigenvalue weighted by molar-refractivity contribution is 7.89. The Morgan fingerprint density at radius 3 is 2.10 bits per heavy atom. The minimum atomic E-state index is -3.98. The van der Waals surface area contributed by atoms with Gasteiger partial charge >= 0.3 is 11.9 Å². The van der Waals surface area contributed by atoms with Gasteiger partial charge in [-0.3, -0.25) is 4.79 Å². The molecule has 1 aromatic carbocycles. The number of esters is 1. The van der Waals surface area contributed by atoms with Crippen molar-refractivity contribution in [3.63, 3.8) is 0 Å². The van der Waals surface area contributed by atoms with Gasteiger partial charge in [0, 0.05) is 0 Å². The molecule has 0 aliphatic heterocycles. The van der Waals surface area contributed by atoms with E-state index in [0.717, 1.165) is 0 Å². The number of benzene rings is 1. The quantitative estimate of drug-likeness (QED) is 0.753. The predicted molar refractivity (Wildman–Crippen MR) is 74.4 cm³/mol. The van der Waals surface area contributed by atoms with Crippen LogP contribution in [0.4, 0.5) is 0 Å². The molecule has 1 atom stereocenters. The summed E-state index contributed by atoms with van der Waals surface area (Å²) in [5, 5.41) is 9.01. The molecule has 0 fully saturated rings. The van der Waals surface area contributed by atoms with Gasteiger partial charge < -0.3 is 9.84 Å². The number of carboxylic acids is 1. The van der Waals surface area contributed by atoms with Crippen LogP contribution in [-0.2, 0) is 19.6 Å². The van der Waals surface area contributed by atoms with Crippen molar-refractivity contribution in [3.8, 4) is 0 Å². The van der Waals surface area contributed by atoms with Crippen LogP contribution in [-0.4, -0.2) is 38.6 Å². The number of ether oxygens (including phenoxy) is 1. The molecular weight excluding hydrogens is 298 g/mol. The van der Waals surface area contributed by atoms with Gasteiger partial charge in [0.05, 0.1) is 17.6 Å². The van der Waals surface area contributed by atoms with Gasteiger partial charge in [-0.2, -0.15) is 4.72 Å². The smallest absolute Gasteiger partial charge is 0.337 e. The molecule has 0 spiro atoms. The number of rotatable bonds is 6. The van der Waals surface area contributed by atoms with Crippen LogP contribution in [0.3, 0.4) is 0 Å². The first-order chi connectivity index (χ1) is 9.69. The molecule has 116 valence electrons.